The molecular formula is C16H15F2N3. The summed E-state index contributed by atoms with van der Waals surface area (Å²) < 4.78 is 29.4. The standard InChI is InChI=1S/C16H15F2N3/c1-9(2)21-15-6-3-10(17)7-14(15)20-16(21)12-8-11(19)4-5-13(12)18/h3-9H,19H2,1-2H3. The molecule has 1 aromatic heterocycles. The van der Waals surface area contributed by atoms with Crippen molar-refractivity contribution in [3.05, 3.63) is 48.0 Å². The maximum absolute atomic E-state index is 14.1. The second-order valence-corrected chi connectivity index (χ2v) is 5.27. The average Bonchev–Trinajstić information content (AvgIpc) is 2.79. The monoisotopic (exact) mass is 287 g/mol. The van der Waals surface area contributed by atoms with E-state index in [0.29, 0.717) is 22.6 Å². The van der Waals surface area contributed by atoms with E-state index in [1.165, 1.54) is 24.3 Å². The van der Waals surface area contributed by atoms with Crippen LogP contribution in [0.1, 0.15) is 19.9 Å². The van der Waals surface area contributed by atoms with Gasteiger partial charge in [-0.1, -0.05) is 0 Å². The molecule has 0 spiro atoms. The highest BCUT2D eigenvalue weighted by atomic mass is 19.1. The van der Waals surface area contributed by atoms with Crippen LogP contribution in [0.4, 0.5) is 14.5 Å². The van der Waals surface area contributed by atoms with Gasteiger partial charge in [0.1, 0.15) is 17.5 Å². The van der Waals surface area contributed by atoms with E-state index in [4.69, 9.17) is 5.73 Å². The molecule has 0 aliphatic carbocycles. The lowest BCUT2D eigenvalue weighted by Crippen LogP contribution is -2.04. The van der Waals surface area contributed by atoms with Crippen LogP contribution in [0.25, 0.3) is 22.4 Å². The molecule has 0 fully saturated rings. The largest absolute Gasteiger partial charge is 0.399 e. The van der Waals surface area contributed by atoms with E-state index in [-0.39, 0.29) is 11.9 Å². The number of benzene rings is 2. The third-order valence-corrected chi connectivity index (χ3v) is 3.40. The van der Waals surface area contributed by atoms with E-state index in [0.717, 1.165) is 5.52 Å². The van der Waals surface area contributed by atoms with Gasteiger partial charge in [-0.2, -0.15) is 0 Å². The van der Waals surface area contributed by atoms with E-state index in [1.807, 2.05) is 18.4 Å². The van der Waals surface area contributed by atoms with E-state index >= 15 is 0 Å². The fraction of sp³-hybridized carbons (Fsp3) is 0.188. The lowest BCUT2D eigenvalue weighted by Gasteiger charge is -2.13. The van der Waals surface area contributed by atoms with Crippen LogP contribution in [0.2, 0.25) is 0 Å². The molecule has 0 saturated heterocycles. The second-order valence-electron chi connectivity index (χ2n) is 5.27. The van der Waals surface area contributed by atoms with Crippen LogP contribution in [0.15, 0.2) is 36.4 Å². The number of hydrogen-bond acceptors (Lipinski definition) is 2. The summed E-state index contributed by atoms with van der Waals surface area (Å²) in [6.45, 7) is 3.94. The van der Waals surface area contributed by atoms with Gasteiger partial charge in [-0.3, -0.25) is 0 Å². The Bertz CT molecular complexity index is 822. The number of imidazole rings is 1. The molecule has 0 aliphatic heterocycles. The number of anilines is 1. The molecule has 0 unspecified atom stereocenters. The molecular weight excluding hydrogens is 272 g/mol. The van der Waals surface area contributed by atoms with Gasteiger partial charge in [-0.05, 0) is 44.2 Å². The van der Waals surface area contributed by atoms with E-state index in [2.05, 4.69) is 4.98 Å². The van der Waals surface area contributed by atoms with Crippen molar-refractivity contribution in [3.8, 4) is 11.4 Å². The number of aromatic nitrogens is 2. The van der Waals surface area contributed by atoms with Crippen molar-refractivity contribution in [1.29, 1.82) is 0 Å². The summed E-state index contributed by atoms with van der Waals surface area (Å²) in [5, 5.41) is 0. The van der Waals surface area contributed by atoms with E-state index in [9.17, 15) is 8.78 Å². The molecule has 2 N–H and O–H groups in total. The summed E-state index contributed by atoms with van der Waals surface area (Å²) in [5.41, 5.74) is 7.79. The van der Waals surface area contributed by atoms with Gasteiger partial charge in [0.25, 0.3) is 0 Å². The molecule has 108 valence electrons. The van der Waals surface area contributed by atoms with E-state index in [1.54, 1.807) is 12.1 Å². The molecule has 5 heteroatoms. The molecule has 3 aromatic rings. The Labute approximate surface area is 121 Å². The third kappa shape index (κ3) is 2.24. The van der Waals surface area contributed by atoms with Gasteiger partial charge in [0, 0.05) is 17.8 Å². The van der Waals surface area contributed by atoms with Crippen molar-refractivity contribution in [2.75, 3.05) is 5.73 Å². The maximum atomic E-state index is 14.1. The molecule has 3 rings (SSSR count). The van der Waals surface area contributed by atoms with Gasteiger partial charge < -0.3 is 10.3 Å². The first-order chi connectivity index (χ1) is 9.97. The van der Waals surface area contributed by atoms with Crippen molar-refractivity contribution in [2.45, 2.75) is 19.9 Å². The minimum Gasteiger partial charge on any atom is -0.399 e. The Hall–Kier alpha value is -2.43. The normalized spacial score (nSPS) is 11.5. The Morgan fingerprint density at radius 2 is 1.86 bits per heavy atom. The summed E-state index contributed by atoms with van der Waals surface area (Å²) in [4.78, 5) is 4.39. The Morgan fingerprint density at radius 3 is 2.57 bits per heavy atom. The summed E-state index contributed by atoms with van der Waals surface area (Å²) in [5.74, 6) is -0.312. The Kier molecular flexibility index (Phi) is 3.12. The third-order valence-electron chi connectivity index (χ3n) is 3.40. The fourth-order valence-corrected chi connectivity index (χ4v) is 2.50. The van der Waals surface area contributed by atoms with Crippen LogP contribution in [-0.2, 0) is 0 Å². The first kappa shape index (κ1) is 13.5. The lowest BCUT2D eigenvalue weighted by atomic mass is 10.1. The zero-order valence-corrected chi connectivity index (χ0v) is 11.8. The minimum absolute atomic E-state index is 0.0521. The molecule has 2 aromatic carbocycles. The smallest absolute Gasteiger partial charge is 0.144 e. The highest BCUT2D eigenvalue weighted by molar-refractivity contribution is 5.81. The number of nitrogens with two attached hydrogens (primary N) is 1. The summed E-state index contributed by atoms with van der Waals surface area (Å²) in [6, 6.07) is 8.80. The zero-order chi connectivity index (χ0) is 15.1. The van der Waals surface area contributed by atoms with Crippen molar-refractivity contribution < 1.29 is 8.78 Å². The molecule has 0 saturated carbocycles. The molecule has 3 nitrogen and oxygen atoms in total. The first-order valence-electron chi connectivity index (χ1n) is 6.70. The number of rotatable bonds is 2. The molecule has 0 amide bonds. The number of nitrogen functional groups attached to an aromatic ring is 1. The molecule has 0 atom stereocenters. The Balaban J connectivity index is 2.36. The van der Waals surface area contributed by atoms with Crippen molar-refractivity contribution >= 4 is 16.7 Å². The van der Waals surface area contributed by atoms with Crippen LogP contribution in [0.3, 0.4) is 0 Å². The Morgan fingerprint density at radius 1 is 1.10 bits per heavy atom. The van der Waals surface area contributed by atoms with Gasteiger partial charge in [0.15, 0.2) is 0 Å². The number of hydrogen-bond donors (Lipinski definition) is 1. The fourth-order valence-electron chi connectivity index (χ4n) is 2.50. The molecule has 1 heterocycles. The molecule has 0 radical (unpaired) electrons. The quantitative estimate of drug-likeness (QED) is 0.720. The minimum atomic E-state index is -0.401. The summed E-state index contributed by atoms with van der Waals surface area (Å²) in [6.07, 6.45) is 0. The van der Waals surface area contributed by atoms with Gasteiger partial charge in [0.2, 0.25) is 0 Å². The van der Waals surface area contributed by atoms with Crippen LogP contribution < -0.4 is 5.73 Å². The lowest BCUT2D eigenvalue weighted by molar-refractivity contribution is 0.607. The number of fused-ring (bicyclic) bond motifs is 1. The first-order valence-corrected chi connectivity index (χ1v) is 6.70. The predicted octanol–water partition coefficient (Wildman–Crippen LogP) is 4.14. The van der Waals surface area contributed by atoms with Crippen molar-refractivity contribution in [3.63, 3.8) is 0 Å². The van der Waals surface area contributed by atoms with Gasteiger partial charge in [0.05, 0.1) is 16.6 Å². The van der Waals surface area contributed by atoms with E-state index < -0.39 is 5.82 Å². The summed E-state index contributed by atoms with van der Waals surface area (Å²) >= 11 is 0. The van der Waals surface area contributed by atoms with Crippen molar-refractivity contribution in [2.24, 2.45) is 0 Å². The predicted molar refractivity (Wildman–Crippen MR) is 79.9 cm³/mol. The second kappa shape index (κ2) is 4.84. The van der Waals surface area contributed by atoms with Gasteiger partial charge in [-0.25, -0.2) is 13.8 Å². The topological polar surface area (TPSA) is 43.8 Å². The number of nitrogens with zero attached hydrogens (tertiary/aromatic N) is 2. The SMILES string of the molecule is CC(C)n1c(-c2cc(N)ccc2F)nc2cc(F)ccc21. The van der Waals surface area contributed by atoms with Crippen LogP contribution in [0.5, 0.6) is 0 Å². The maximum Gasteiger partial charge on any atom is 0.144 e. The number of halogens is 2. The molecule has 0 aliphatic rings. The van der Waals surface area contributed by atoms with Crippen LogP contribution in [-0.4, -0.2) is 9.55 Å². The average molecular weight is 287 g/mol. The zero-order valence-electron chi connectivity index (χ0n) is 11.8. The highest BCUT2D eigenvalue weighted by Gasteiger charge is 2.18. The summed E-state index contributed by atoms with van der Waals surface area (Å²) in [7, 11) is 0. The highest BCUT2D eigenvalue weighted by Crippen LogP contribution is 2.31. The van der Waals surface area contributed by atoms with Gasteiger partial charge >= 0.3 is 0 Å². The van der Waals surface area contributed by atoms with Crippen molar-refractivity contribution in [1.82, 2.24) is 9.55 Å². The molecule has 21 heavy (non-hydrogen) atoms. The molecule has 0 bridgehead atoms. The van der Waals surface area contributed by atoms with Crippen LogP contribution >= 0.6 is 0 Å². The van der Waals surface area contributed by atoms with Gasteiger partial charge in [-0.15, -0.1) is 0 Å². The van der Waals surface area contributed by atoms with Crippen LogP contribution in [0, 0.1) is 11.6 Å².